The van der Waals surface area contributed by atoms with Crippen LogP contribution >= 0.6 is 0 Å². The fourth-order valence-electron chi connectivity index (χ4n) is 4.80. The van der Waals surface area contributed by atoms with Crippen LogP contribution in [0.25, 0.3) is 0 Å². The Bertz CT molecular complexity index is 1880. The molecule has 0 radical (unpaired) electrons. The minimum atomic E-state index is -0.755. The normalized spacial score (nSPS) is 12.6. The van der Waals surface area contributed by atoms with E-state index in [1.165, 1.54) is 0 Å². The number of fused-ring (bicyclic) bond motifs is 6. The number of hydrogen-bond donors (Lipinski definition) is 6. The Hall–Kier alpha value is -6.30. The van der Waals surface area contributed by atoms with Crippen molar-refractivity contribution in [2.45, 2.75) is 0 Å². The molecule has 204 valence electrons. The summed E-state index contributed by atoms with van der Waals surface area (Å²) in [6.45, 7) is 0. The van der Waals surface area contributed by atoms with Crippen LogP contribution < -0.4 is 64.5 Å². The lowest BCUT2D eigenvalue weighted by molar-refractivity contribution is 1.32. The van der Waals surface area contributed by atoms with E-state index in [1.807, 2.05) is 0 Å². The summed E-state index contributed by atoms with van der Waals surface area (Å²) in [5.41, 5.74) is -2.40. The van der Waals surface area contributed by atoms with Crippen molar-refractivity contribution in [1.82, 2.24) is 0 Å². The number of para-hydroxylation sites is 6. The van der Waals surface area contributed by atoms with E-state index in [-0.39, 0.29) is 34.1 Å². The van der Waals surface area contributed by atoms with Gasteiger partial charge in [-0.15, -0.1) is 0 Å². The van der Waals surface area contributed by atoms with E-state index in [4.69, 9.17) is 0 Å². The summed E-state index contributed by atoms with van der Waals surface area (Å²) in [5.74, 6) is 0. The van der Waals surface area contributed by atoms with Gasteiger partial charge in [0.2, 0.25) is 0 Å². The first-order valence-electron chi connectivity index (χ1n) is 12.7. The van der Waals surface area contributed by atoms with Gasteiger partial charge in [-0.3, -0.25) is 28.8 Å². The lowest BCUT2D eigenvalue weighted by Gasteiger charge is -2.22. The molecule has 42 heavy (non-hydrogen) atoms. The minimum absolute atomic E-state index is 0.0149. The van der Waals surface area contributed by atoms with Gasteiger partial charge in [-0.1, -0.05) is 36.4 Å². The molecule has 0 fully saturated rings. The maximum absolute atomic E-state index is 12.6. The van der Waals surface area contributed by atoms with Crippen LogP contribution in [0.15, 0.2) is 102 Å². The zero-order valence-electron chi connectivity index (χ0n) is 21.4. The predicted molar refractivity (Wildman–Crippen MR) is 163 cm³/mol. The molecule has 0 spiro atoms. The molecule has 12 nitrogen and oxygen atoms in total. The number of nitrogens with one attached hydrogen (secondary N) is 6. The van der Waals surface area contributed by atoms with Gasteiger partial charge < -0.3 is 31.9 Å². The van der Waals surface area contributed by atoms with Gasteiger partial charge in [0.15, 0.2) is 0 Å². The highest BCUT2D eigenvalue weighted by Gasteiger charge is 2.27. The van der Waals surface area contributed by atoms with Crippen molar-refractivity contribution in [2.75, 3.05) is 31.9 Å². The highest BCUT2D eigenvalue weighted by Crippen LogP contribution is 2.37. The van der Waals surface area contributed by atoms with Crippen LogP contribution in [0.5, 0.6) is 0 Å². The smallest absolute Gasteiger partial charge is 0.253 e. The molecule has 0 aromatic heterocycles. The molecule has 7 rings (SSSR count). The van der Waals surface area contributed by atoms with E-state index in [2.05, 4.69) is 31.9 Å². The Labute approximate surface area is 234 Å². The number of anilines is 12. The Morgan fingerprint density at radius 2 is 0.405 bits per heavy atom. The van der Waals surface area contributed by atoms with Crippen molar-refractivity contribution >= 4 is 68.2 Å². The van der Waals surface area contributed by atoms with Crippen LogP contribution in [-0.2, 0) is 0 Å². The molecule has 1 aliphatic rings. The molecule has 1 aliphatic heterocycles. The Morgan fingerprint density at radius 3 is 0.548 bits per heavy atom. The largest absolute Gasteiger partial charge is 0.349 e. The Kier molecular flexibility index (Phi) is 5.37. The van der Waals surface area contributed by atoms with Crippen molar-refractivity contribution in [3.8, 4) is 0 Å². The van der Waals surface area contributed by atoms with Crippen LogP contribution in [0, 0.1) is 0 Å². The maximum atomic E-state index is 12.6. The van der Waals surface area contributed by atoms with Gasteiger partial charge in [-0.25, -0.2) is 0 Å². The monoisotopic (exact) mass is 558 g/mol. The lowest BCUT2D eigenvalue weighted by Crippen LogP contribution is -2.37. The van der Waals surface area contributed by atoms with Gasteiger partial charge in [-0.2, -0.15) is 0 Å². The van der Waals surface area contributed by atoms with Crippen molar-refractivity contribution < 1.29 is 0 Å². The summed E-state index contributed by atoms with van der Waals surface area (Å²) in [7, 11) is 0. The molecule has 6 N–H and O–H groups in total. The van der Waals surface area contributed by atoms with Gasteiger partial charge in [0.25, 0.3) is 32.6 Å². The van der Waals surface area contributed by atoms with Gasteiger partial charge in [0.1, 0.15) is 34.1 Å². The van der Waals surface area contributed by atoms with Crippen LogP contribution in [0.2, 0.25) is 0 Å². The van der Waals surface area contributed by atoms with E-state index in [9.17, 15) is 28.8 Å². The quantitative estimate of drug-likeness (QED) is 0.150. The topological polar surface area (TPSA) is 175 Å². The number of rotatable bonds is 0. The molecule has 0 aliphatic carbocycles. The molecule has 12 heteroatoms. The van der Waals surface area contributed by atoms with E-state index in [1.54, 1.807) is 72.8 Å². The van der Waals surface area contributed by atoms with Gasteiger partial charge in [0.05, 0.1) is 34.1 Å². The van der Waals surface area contributed by atoms with Crippen molar-refractivity contribution in [1.29, 1.82) is 0 Å². The van der Waals surface area contributed by atoms with Gasteiger partial charge >= 0.3 is 0 Å². The Balaban J connectivity index is 1.40. The first-order valence-corrected chi connectivity index (χ1v) is 12.7. The van der Waals surface area contributed by atoms with Crippen LogP contribution in [0.4, 0.5) is 68.2 Å². The van der Waals surface area contributed by atoms with Crippen molar-refractivity contribution in [3.63, 3.8) is 0 Å². The standard InChI is InChI=1S/C30H18N6O6/c37-25-19-20(26(25)38)33-15-9-3-4-10-16(15)35-23-24(30(42)29(23)41)36-18-12-6-5-11-17(18)34-22-21(27(39)28(22)40)32-14-8-2-1-7-13(14)31-19/h1-12,31-36H. The van der Waals surface area contributed by atoms with Crippen LogP contribution in [-0.4, -0.2) is 0 Å². The Morgan fingerprint density at radius 1 is 0.262 bits per heavy atom. The number of hydrogen-bond acceptors (Lipinski definition) is 12. The summed E-state index contributed by atoms with van der Waals surface area (Å²) in [6.07, 6.45) is 0. The molecule has 0 saturated carbocycles. The zero-order valence-corrected chi connectivity index (χ0v) is 21.4. The molecule has 0 amide bonds. The molecule has 0 unspecified atom stereocenters. The van der Waals surface area contributed by atoms with Gasteiger partial charge in [-0.05, 0) is 36.4 Å². The fourth-order valence-corrected chi connectivity index (χ4v) is 4.80. The van der Waals surface area contributed by atoms with E-state index < -0.39 is 32.6 Å². The third-order valence-corrected chi connectivity index (χ3v) is 7.07. The molecular formula is C30H18N6O6. The summed E-state index contributed by atoms with van der Waals surface area (Å²) in [6, 6.07) is 20.0. The second kappa shape index (κ2) is 9.13. The second-order valence-electron chi connectivity index (χ2n) is 9.61. The van der Waals surface area contributed by atoms with Crippen LogP contribution in [0.1, 0.15) is 0 Å². The first-order chi connectivity index (χ1) is 20.3. The van der Waals surface area contributed by atoms with Crippen molar-refractivity contribution in [3.05, 3.63) is 134 Å². The summed E-state index contributed by atoms with van der Waals surface area (Å²) in [4.78, 5) is 75.6. The highest BCUT2D eigenvalue weighted by molar-refractivity contribution is 5.94. The second-order valence-corrected chi connectivity index (χ2v) is 9.61. The third-order valence-electron chi connectivity index (χ3n) is 7.07. The number of benzene rings is 3. The van der Waals surface area contributed by atoms with E-state index in [0.29, 0.717) is 34.1 Å². The molecule has 1 heterocycles. The predicted octanol–water partition coefficient (Wildman–Crippen LogP) is 3.25. The molecular weight excluding hydrogens is 540 g/mol. The maximum Gasteiger partial charge on any atom is 0.253 e. The average molecular weight is 559 g/mol. The SMILES string of the molecule is O=c1c2c(c1=O)Nc1ccccc1Nc1c(c(=O)c1=O)Nc1ccccc1Nc1c(c(=O)c1=O)Nc1ccccc1N2. The molecule has 6 aromatic carbocycles. The molecule has 0 bridgehead atoms. The highest BCUT2D eigenvalue weighted by atomic mass is 16.2. The third kappa shape index (κ3) is 3.70. The minimum Gasteiger partial charge on any atom is -0.349 e. The van der Waals surface area contributed by atoms with Crippen LogP contribution in [0.3, 0.4) is 0 Å². The van der Waals surface area contributed by atoms with Crippen molar-refractivity contribution in [2.24, 2.45) is 0 Å². The fraction of sp³-hybridized carbons (Fsp3) is 0. The zero-order chi connectivity index (χ0) is 29.1. The van der Waals surface area contributed by atoms with E-state index >= 15 is 0 Å². The molecule has 6 aromatic rings. The lowest BCUT2D eigenvalue weighted by atomic mass is 10.1. The summed E-state index contributed by atoms with van der Waals surface area (Å²) < 4.78 is 0. The van der Waals surface area contributed by atoms with E-state index in [0.717, 1.165) is 0 Å². The summed E-state index contributed by atoms with van der Waals surface area (Å²) in [5, 5.41) is 17.8. The molecule has 0 atom stereocenters. The first kappa shape index (κ1) is 24.7. The van der Waals surface area contributed by atoms with Gasteiger partial charge in [0, 0.05) is 0 Å². The molecule has 0 saturated heterocycles. The average Bonchev–Trinajstić information content (AvgIpc) is 3.02. The summed E-state index contributed by atoms with van der Waals surface area (Å²) >= 11 is 0.